The zero-order valence-corrected chi connectivity index (χ0v) is 15.8. The number of anilines is 1. The van der Waals surface area contributed by atoms with Gasteiger partial charge in [0.15, 0.2) is 5.13 Å². The molecular formula is C21H22N2O2S. The molecule has 3 aromatic rings. The summed E-state index contributed by atoms with van der Waals surface area (Å²) in [6, 6.07) is 16.1. The Bertz CT molecular complexity index is 872. The van der Waals surface area contributed by atoms with Crippen molar-refractivity contribution in [2.75, 3.05) is 11.9 Å². The number of thiazole rings is 1. The highest BCUT2D eigenvalue weighted by Crippen LogP contribution is 2.25. The minimum Gasteiger partial charge on any atom is -0.494 e. The number of aromatic nitrogens is 1. The van der Waals surface area contributed by atoms with Crippen LogP contribution in [0.3, 0.4) is 0 Å². The summed E-state index contributed by atoms with van der Waals surface area (Å²) in [4.78, 5) is 16.6. The van der Waals surface area contributed by atoms with Gasteiger partial charge in [-0.05, 0) is 38.0 Å². The normalized spacial score (nSPS) is 10.5. The molecule has 1 heterocycles. The van der Waals surface area contributed by atoms with Crippen LogP contribution in [0.15, 0.2) is 53.9 Å². The molecule has 0 radical (unpaired) electrons. The van der Waals surface area contributed by atoms with Crippen molar-refractivity contribution >= 4 is 22.4 Å². The number of rotatable bonds is 7. The molecule has 0 spiro atoms. The third kappa shape index (κ3) is 5.17. The quantitative estimate of drug-likeness (QED) is 0.583. The zero-order chi connectivity index (χ0) is 18.4. The fourth-order valence-corrected chi connectivity index (χ4v) is 3.23. The number of hydrogen-bond acceptors (Lipinski definition) is 4. The summed E-state index contributed by atoms with van der Waals surface area (Å²) in [6.07, 6.45) is 1.07. The van der Waals surface area contributed by atoms with Crippen LogP contribution in [0.1, 0.15) is 24.0 Å². The Hall–Kier alpha value is -2.66. The molecule has 134 valence electrons. The molecule has 0 aliphatic heterocycles. The average molecular weight is 366 g/mol. The smallest absolute Gasteiger partial charge is 0.226 e. The number of aryl methyl sites for hydroxylation is 2. The molecule has 0 fully saturated rings. The number of nitrogens with zero attached hydrogens (tertiary/aromatic N) is 1. The molecule has 1 amide bonds. The van der Waals surface area contributed by atoms with Gasteiger partial charge in [0.05, 0.1) is 12.3 Å². The minimum absolute atomic E-state index is 0.0392. The number of nitrogens with one attached hydrogen (secondary N) is 1. The number of ether oxygens (including phenoxy) is 1. The molecule has 0 atom stereocenters. The molecule has 0 saturated carbocycles. The Kier molecular flexibility index (Phi) is 6.02. The van der Waals surface area contributed by atoms with Crippen LogP contribution in [0.5, 0.6) is 5.75 Å². The molecule has 0 unspecified atom stereocenters. The molecule has 0 aliphatic rings. The van der Waals surface area contributed by atoms with E-state index >= 15 is 0 Å². The zero-order valence-electron chi connectivity index (χ0n) is 15.0. The summed E-state index contributed by atoms with van der Waals surface area (Å²) in [5, 5.41) is 5.45. The highest BCUT2D eigenvalue weighted by atomic mass is 32.1. The molecule has 4 nitrogen and oxygen atoms in total. The van der Waals surface area contributed by atoms with Gasteiger partial charge >= 0.3 is 0 Å². The summed E-state index contributed by atoms with van der Waals surface area (Å²) in [5.74, 6) is 0.802. The van der Waals surface area contributed by atoms with Crippen molar-refractivity contribution in [3.8, 4) is 17.0 Å². The number of benzene rings is 2. The molecule has 1 N–H and O–H groups in total. The van der Waals surface area contributed by atoms with Crippen molar-refractivity contribution in [3.63, 3.8) is 0 Å². The van der Waals surface area contributed by atoms with Gasteiger partial charge in [0, 0.05) is 17.4 Å². The summed E-state index contributed by atoms with van der Waals surface area (Å²) < 4.78 is 5.67. The first-order valence-electron chi connectivity index (χ1n) is 8.62. The van der Waals surface area contributed by atoms with Gasteiger partial charge in [-0.25, -0.2) is 4.98 Å². The van der Waals surface area contributed by atoms with Crippen LogP contribution in [0.4, 0.5) is 5.13 Å². The van der Waals surface area contributed by atoms with Gasteiger partial charge < -0.3 is 10.1 Å². The maximum absolute atomic E-state index is 12.1. The lowest BCUT2D eigenvalue weighted by Crippen LogP contribution is -2.12. The molecule has 0 aliphatic carbocycles. The minimum atomic E-state index is -0.0392. The van der Waals surface area contributed by atoms with Crippen LogP contribution in [0.2, 0.25) is 0 Å². The second kappa shape index (κ2) is 8.63. The fraction of sp³-hybridized carbons (Fsp3) is 0.238. The van der Waals surface area contributed by atoms with E-state index in [2.05, 4.69) is 29.4 Å². The van der Waals surface area contributed by atoms with E-state index < -0.39 is 0 Å². The summed E-state index contributed by atoms with van der Waals surface area (Å²) in [7, 11) is 0. The standard InChI is InChI=1S/C21H22N2O2S/c1-15-8-10-17(11-9-15)19-14-26-21(22-19)23-20(24)7-4-12-25-18-6-3-5-16(2)13-18/h3,5-6,8-11,13-14H,4,7,12H2,1-2H3,(H,22,23,24). The Morgan fingerprint density at radius 1 is 1.12 bits per heavy atom. The van der Waals surface area contributed by atoms with Gasteiger partial charge in [0.2, 0.25) is 5.91 Å². The predicted molar refractivity (Wildman–Crippen MR) is 107 cm³/mol. The van der Waals surface area contributed by atoms with E-state index in [-0.39, 0.29) is 5.91 Å². The van der Waals surface area contributed by atoms with Crippen LogP contribution in [-0.4, -0.2) is 17.5 Å². The molecule has 0 bridgehead atoms. The van der Waals surface area contributed by atoms with Gasteiger partial charge in [-0.15, -0.1) is 11.3 Å². The molecule has 0 saturated heterocycles. The Labute approximate surface area is 157 Å². The first kappa shape index (κ1) is 18.1. The van der Waals surface area contributed by atoms with Crippen molar-refractivity contribution in [2.24, 2.45) is 0 Å². The van der Waals surface area contributed by atoms with E-state index in [1.54, 1.807) is 0 Å². The number of amides is 1. The van der Waals surface area contributed by atoms with Crippen LogP contribution in [-0.2, 0) is 4.79 Å². The molecule has 26 heavy (non-hydrogen) atoms. The number of carbonyl (C=O) groups excluding carboxylic acids is 1. The highest BCUT2D eigenvalue weighted by molar-refractivity contribution is 7.14. The maximum atomic E-state index is 12.1. The highest BCUT2D eigenvalue weighted by Gasteiger charge is 2.08. The molecule has 1 aromatic heterocycles. The fourth-order valence-electron chi connectivity index (χ4n) is 2.50. The second-order valence-corrected chi connectivity index (χ2v) is 7.08. The molecular weight excluding hydrogens is 344 g/mol. The average Bonchev–Trinajstić information content (AvgIpc) is 3.08. The lowest BCUT2D eigenvalue weighted by Gasteiger charge is -2.06. The van der Waals surface area contributed by atoms with E-state index in [0.717, 1.165) is 22.6 Å². The first-order valence-corrected chi connectivity index (χ1v) is 9.50. The van der Waals surface area contributed by atoms with E-state index in [1.165, 1.54) is 16.9 Å². The Morgan fingerprint density at radius 2 is 1.92 bits per heavy atom. The van der Waals surface area contributed by atoms with Crippen LogP contribution < -0.4 is 10.1 Å². The van der Waals surface area contributed by atoms with E-state index in [4.69, 9.17) is 4.74 Å². The number of hydrogen-bond donors (Lipinski definition) is 1. The van der Waals surface area contributed by atoms with Gasteiger partial charge in [-0.3, -0.25) is 4.79 Å². The lowest BCUT2D eigenvalue weighted by atomic mass is 10.1. The lowest BCUT2D eigenvalue weighted by molar-refractivity contribution is -0.116. The molecule has 2 aromatic carbocycles. The molecule has 5 heteroatoms. The largest absolute Gasteiger partial charge is 0.494 e. The molecule has 3 rings (SSSR count). The van der Waals surface area contributed by atoms with E-state index in [1.807, 2.05) is 48.7 Å². The summed E-state index contributed by atoms with van der Waals surface area (Å²) >= 11 is 1.44. The SMILES string of the molecule is Cc1ccc(-c2csc(NC(=O)CCCOc3cccc(C)c3)n2)cc1. The van der Waals surface area contributed by atoms with Gasteiger partial charge in [0.25, 0.3) is 0 Å². The van der Waals surface area contributed by atoms with Gasteiger partial charge in [-0.1, -0.05) is 42.0 Å². The predicted octanol–water partition coefficient (Wildman–Crippen LogP) is 5.22. The van der Waals surface area contributed by atoms with Crippen molar-refractivity contribution in [3.05, 3.63) is 65.0 Å². The Balaban J connectivity index is 1.44. The van der Waals surface area contributed by atoms with Gasteiger partial charge in [0.1, 0.15) is 5.75 Å². The van der Waals surface area contributed by atoms with Gasteiger partial charge in [-0.2, -0.15) is 0 Å². The van der Waals surface area contributed by atoms with Crippen molar-refractivity contribution < 1.29 is 9.53 Å². The monoisotopic (exact) mass is 366 g/mol. The van der Waals surface area contributed by atoms with Crippen LogP contribution in [0.25, 0.3) is 11.3 Å². The third-order valence-electron chi connectivity index (χ3n) is 3.90. The van der Waals surface area contributed by atoms with Crippen molar-refractivity contribution in [2.45, 2.75) is 26.7 Å². The second-order valence-electron chi connectivity index (χ2n) is 6.22. The topological polar surface area (TPSA) is 51.2 Å². The third-order valence-corrected chi connectivity index (χ3v) is 4.66. The van der Waals surface area contributed by atoms with Crippen LogP contribution >= 0.6 is 11.3 Å². The van der Waals surface area contributed by atoms with Crippen LogP contribution in [0, 0.1) is 13.8 Å². The number of carbonyl (C=O) groups is 1. The van der Waals surface area contributed by atoms with Crippen molar-refractivity contribution in [1.29, 1.82) is 0 Å². The maximum Gasteiger partial charge on any atom is 0.226 e. The first-order chi connectivity index (χ1) is 12.6. The van der Waals surface area contributed by atoms with E-state index in [0.29, 0.717) is 24.6 Å². The summed E-state index contributed by atoms with van der Waals surface area (Å²) in [5.41, 5.74) is 4.31. The van der Waals surface area contributed by atoms with E-state index in [9.17, 15) is 4.79 Å². The summed E-state index contributed by atoms with van der Waals surface area (Å²) in [6.45, 7) is 4.60. The van der Waals surface area contributed by atoms with Crippen molar-refractivity contribution in [1.82, 2.24) is 4.98 Å². The Morgan fingerprint density at radius 3 is 2.69 bits per heavy atom.